The van der Waals surface area contributed by atoms with E-state index in [2.05, 4.69) is 0 Å². The summed E-state index contributed by atoms with van der Waals surface area (Å²) in [6, 6.07) is 8.22. The molecule has 0 atom stereocenters. The highest BCUT2D eigenvalue weighted by atomic mass is 19.4. The first-order valence-corrected chi connectivity index (χ1v) is 8.31. The summed E-state index contributed by atoms with van der Waals surface area (Å²) in [6.45, 7) is 0.102. The molecule has 0 bridgehead atoms. The van der Waals surface area contributed by atoms with Gasteiger partial charge in [-0.15, -0.1) is 0 Å². The van der Waals surface area contributed by atoms with Crippen molar-refractivity contribution >= 4 is 11.0 Å². The van der Waals surface area contributed by atoms with Gasteiger partial charge in [-0.05, 0) is 43.9 Å². The highest BCUT2D eigenvalue weighted by Gasteiger charge is 2.39. The van der Waals surface area contributed by atoms with Crippen LogP contribution < -0.4 is 10.2 Å². The largest absolute Gasteiger partial charge is 0.507 e. The van der Waals surface area contributed by atoms with Gasteiger partial charge in [-0.1, -0.05) is 12.1 Å². The van der Waals surface area contributed by atoms with Gasteiger partial charge in [0, 0.05) is 6.54 Å². The first-order chi connectivity index (χ1) is 13.1. The zero-order chi connectivity index (χ0) is 20.6. The van der Waals surface area contributed by atoms with E-state index in [-0.39, 0.29) is 34.4 Å². The average molecular weight is 393 g/mol. The molecular weight excluding hydrogens is 375 g/mol. The lowest BCUT2D eigenvalue weighted by Crippen LogP contribution is -2.17. The van der Waals surface area contributed by atoms with Crippen LogP contribution in [-0.2, 0) is 12.7 Å². The molecule has 148 valence electrons. The quantitative estimate of drug-likeness (QED) is 0.718. The Hall–Kier alpha value is -3.00. The van der Waals surface area contributed by atoms with E-state index in [1.165, 1.54) is 43.5 Å². The van der Waals surface area contributed by atoms with Crippen molar-refractivity contribution in [2.24, 2.45) is 0 Å². The van der Waals surface area contributed by atoms with Crippen molar-refractivity contribution in [3.8, 4) is 22.6 Å². The molecular formula is C20H18F3NO4. The molecule has 3 aromatic rings. The minimum atomic E-state index is -4.90. The van der Waals surface area contributed by atoms with E-state index >= 15 is 0 Å². The van der Waals surface area contributed by atoms with Gasteiger partial charge < -0.3 is 19.2 Å². The Balaban J connectivity index is 2.39. The fraction of sp³-hybridized carbons (Fsp3) is 0.250. The van der Waals surface area contributed by atoms with Crippen LogP contribution in [0.25, 0.3) is 22.1 Å². The zero-order valence-corrected chi connectivity index (χ0v) is 15.4. The van der Waals surface area contributed by atoms with Gasteiger partial charge in [0.1, 0.15) is 17.1 Å². The normalized spacial score (nSPS) is 12.0. The maximum absolute atomic E-state index is 13.8. The van der Waals surface area contributed by atoms with Crippen molar-refractivity contribution in [2.45, 2.75) is 12.7 Å². The van der Waals surface area contributed by atoms with Gasteiger partial charge in [0.15, 0.2) is 0 Å². The number of methoxy groups -OCH3 is 1. The molecule has 0 spiro atoms. The summed E-state index contributed by atoms with van der Waals surface area (Å²) in [4.78, 5) is 14.7. The third kappa shape index (κ3) is 3.55. The molecule has 0 radical (unpaired) electrons. The second kappa shape index (κ2) is 7.20. The highest BCUT2D eigenvalue weighted by Crippen LogP contribution is 2.39. The molecule has 0 saturated heterocycles. The average Bonchev–Trinajstić information content (AvgIpc) is 2.63. The predicted octanol–water partition coefficient (Wildman–Crippen LogP) is 4.25. The van der Waals surface area contributed by atoms with E-state index < -0.39 is 22.9 Å². The fourth-order valence-corrected chi connectivity index (χ4v) is 2.99. The Morgan fingerprint density at radius 2 is 1.75 bits per heavy atom. The van der Waals surface area contributed by atoms with Gasteiger partial charge in [-0.2, -0.15) is 13.2 Å². The maximum Gasteiger partial charge on any atom is 0.450 e. The molecule has 0 aliphatic carbocycles. The lowest BCUT2D eigenvalue weighted by molar-refractivity contribution is -0.152. The zero-order valence-electron chi connectivity index (χ0n) is 15.4. The summed E-state index contributed by atoms with van der Waals surface area (Å²) in [5.41, 5.74) is -1.50. The smallest absolute Gasteiger partial charge is 0.450 e. The molecule has 3 rings (SSSR count). The number of benzene rings is 2. The summed E-state index contributed by atoms with van der Waals surface area (Å²) < 4.78 is 51.5. The summed E-state index contributed by atoms with van der Waals surface area (Å²) in [6.07, 6.45) is -4.90. The minimum absolute atomic E-state index is 0.0338. The predicted molar refractivity (Wildman–Crippen MR) is 98.5 cm³/mol. The summed E-state index contributed by atoms with van der Waals surface area (Å²) >= 11 is 0. The van der Waals surface area contributed by atoms with E-state index in [4.69, 9.17) is 9.15 Å². The van der Waals surface area contributed by atoms with Crippen LogP contribution in [0.5, 0.6) is 11.5 Å². The number of alkyl halides is 3. The van der Waals surface area contributed by atoms with Crippen LogP contribution in [0.4, 0.5) is 13.2 Å². The lowest BCUT2D eigenvalue weighted by Gasteiger charge is -2.17. The number of hydrogen-bond acceptors (Lipinski definition) is 5. The maximum atomic E-state index is 13.8. The summed E-state index contributed by atoms with van der Waals surface area (Å²) in [5, 5.41) is 10.1. The van der Waals surface area contributed by atoms with E-state index in [1.807, 2.05) is 0 Å². The first-order valence-electron chi connectivity index (χ1n) is 8.31. The second-order valence-electron chi connectivity index (χ2n) is 6.54. The van der Waals surface area contributed by atoms with Crippen molar-refractivity contribution in [1.82, 2.24) is 4.90 Å². The summed E-state index contributed by atoms with van der Waals surface area (Å²) in [5.74, 6) is -1.20. The molecule has 28 heavy (non-hydrogen) atoms. The Bertz CT molecular complexity index is 1070. The van der Waals surface area contributed by atoms with E-state index in [0.717, 1.165) is 0 Å². The molecule has 0 aliphatic heterocycles. The number of hydrogen-bond donors (Lipinski definition) is 1. The molecule has 5 nitrogen and oxygen atoms in total. The Morgan fingerprint density at radius 3 is 2.29 bits per heavy atom. The topological polar surface area (TPSA) is 62.9 Å². The van der Waals surface area contributed by atoms with Crippen LogP contribution in [0.1, 0.15) is 11.3 Å². The van der Waals surface area contributed by atoms with Crippen molar-refractivity contribution in [1.29, 1.82) is 0 Å². The van der Waals surface area contributed by atoms with Gasteiger partial charge in [0.05, 0.1) is 23.6 Å². The molecule has 0 amide bonds. The van der Waals surface area contributed by atoms with E-state index in [9.17, 15) is 23.1 Å². The second-order valence-corrected chi connectivity index (χ2v) is 6.54. The molecule has 2 aromatic carbocycles. The van der Waals surface area contributed by atoms with Crippen molar-refractivity contribution < 1.29 is 27.4 Å². The van der Waals surface area contributed by atoms with E-state index in [1.54, 1.807) is 19.0 Å². The fourth-order valence-electron chi connectivity index (χ4n) is 2.99. The van der Waals surface area contributed by atoms with Crippen LogP contribution in [0.2, 0.25) is 0 Å². The van der Waals surface area contributed by atoms with Crippen molar-refractivity contribution in [3.63, 3.8) is 0 Å². The van der Waals surface area contributed by atoms with Gasteiger partial charge in [0.25, 0.3) is 0 Å². The molecule has 0 aliphatic rings. The van der Waals surface area contributed by atoms with Crippen LogP contribution in [0, 0.1) is 0 Å². The van der Waals surface area contributed by atoms with Crippen LogP contribution in [0.3, 0.4) is 0 Å². The summed E-state index contributed by atoms with van der Waals surface area (Å²) in [7, 11) is 4.80. The van der Waals surface area contributed by atoms with Crippen molar-refractivity contribution in [3.05, 3.63) is 57.9 Å². The number of fused-ring (bicyclic) bond motifs is 1. The van der Waals surface area contributed by atoms with Gasteiger partial charge in [0.2, 0.25) is 11.2 Å². The van der Waals surface area contributed by atoms with Crippen LogP contribution >= 0.6 is 0 Å². The Labute approximate surface area is 158 Å². The van der Waals surface area contributed by atoms with Crippen LogP contribution in [0.15, 0.2) is 45.6 Å². The molecule has 8 heteroatoms. The monoisotopic (exact) mass is 393 g/mol. The first kappa shape index (κ1) is 19.8. The Morgan fingerprint density at radius 1 is 1.11 bits per heavy atom. The SMILES string of the molecule is COc1ccc(-c2c(C(F)(F)F)oc3c(CN(C)C)c(O)ccc3c2=O)cc1. The number of phenolic OH excluding ortho intramolecular Hbond substituents is 1. The lowest BCUT2D eigenvalue weighted by atomic mass is 10.00. The molecule has 1 heterocycles. The molecule has 0 saturated carbocycles. The molecule has 0 unspecified atom stereocenters. The van der Waals surface area contributed by atoms with Crippen molar-refractivity contribution in [2.75, 3.05) is 21.2 Å². The van der Waals surface area contributed by atoms with Gasteiger partial charge in [-0.25, -0.2) is 0 Å². The minimum Gasteiger partial charge on any atom is -0.507 e. The number of halogens is 3. The number of ether oxygens (including phenoxy) is 1. The standard InChI is InChI=1S/C20H18F3NO4/c1-24(2)10-14-15(25)9-8-13-17(26)16(11-4-6-12(27-3)7-5-11)19(20(21,22)23)28-18(13)14/h4-9,25H,10H2,1-3H3. The molecule has 1 aromatic heterocycles. The third-order valence-corrected chi connectivity index (χ3v) is 4.25. The van der Waals surface area contributed by atoms with Gasteiger partial charge in [-0.3, -0.25) is 4.79 Å². The van der Waals surface area contributed by atoms with Crippen LogP contribution in [-0.4, -0.2) is 31.2 Å². The molecule has 0 fully saturated rings. The van der Waals surface area contributed by atoms with E-state index in [0.29, 0.717) is 5.75 Å². The number of rotatable bonds is 4. The third-order valence-electron chi connectivity index (χ3n) is 4.25. The molecule has 1 N–H and O–H groups in total. The Kier molecular flexibility index (Phi) is 5.08. The number of nitrogens with zero attached hydrogens (tertiary/aromatic N) is 1. The number of aromatic hydroxyl groups is 1. The van der Waals surface area contributed by atoms with Gasteiger partial charge >= 0.3 is 6.18 Å². The highest BCUT2D eigenvalue weighted by molar-refractivity contribution is 5.86. The number of phenols is 1.